The second kappa shape index (κ2) is 4.28. The summed E-state index contributed by atoms with van der Waals surface area (Å²) in [5.74, 6) is 0.919. The summed E-state index contributed by atoms with van der Waals surface area (Å²) in [6.07, 6.45) is 0. The molecule has 0 radical (unpaired) electrons. The van der Waals surface area contributed by atoms with Crippen LogP contribution in [0.1, 0.15) is 35.7 Å². The molecule has 1 aromatic rings. The van der Waals surface area contributed by atoms with E-state index in [0.29, 0.717) is 35.4 Å². The molecule has 1 aliphatic heterocycles. The Hall–Kier alpha value is -1.71. The van der Waals surface area contributed by atoms with Gasteiger partial charge in [0, 0.05) is 5.69 Å². The Labute approximate surface area is 101 Å². The van der Waals surface area contributed by atoms with Gasteiger partial charge in [-0.05, 0) is 23.5 Å². The summed E-state index contributed by atoms with van der Waals surface area (Å²) in [6.45, 7) is 4.85. The van der Waals surface area contributed by atoms with E-state index in [1.807, 2.05) is 6.07 Å². The van der Waals surface area contributed by atoms with Crippen LogP contribution in [-0.4, -0.2) is 19.7 Å². The zero-order chi connectivity index (χ0) is 12.6. The van der Waals surface area contributed by atoms with Gasteiger partial charge in [-0.1, -0.05) is 19.9 Å². The highest BCUT2D eigenvalue weighted by atomic mass is 16.5. The molecule has 0 bridgehead atoms. The molecule has 0 aromatic heterocycles. The molecule has 2 rings (SSSR count). The van der Waals surface area contributed by atoms with Gasteiger partial charge in [-0.2, -0.15) is 0 Å². The van der Waals surface area contributed by atoms with E-state index in [2.05, 4.69) is 13.8 Å². The largest absolute Gasteiger partial charge is 0.492 e. The third-order valence-corrected chi connectivity index (χ3v) is 3.44. The molecular formula is C13H17NO3. The highest BCUT2D eigenvalue weighted by Gasteiger charge is 2.29. The first-order valence-electron chi connectivity index (χ1n) is 5.69. The number of nitrogen functional groups attached to an aromatic ring is 1. The number of anilines is 1. The Balaban J connectivity index is 2.57. The van der Waals surface area contributed by atoms with Crippen molar-refractivity contribution < 1.29 is 14.3 Å². The van der Waals surface area contributed by atoms with Crippen LogP contribution in [0.15, 0.2) is 12.1 Å². The summed E-state index contributed by atoms with van der Waals surface area (Å²) in [4.78, 5) is 11.7. The maximum atomic E-state index is 11.7. The molecule has 1 heterocycles. The van der Waals surface area contributed by atoms with Crippen LogP contribution in [0.25, 0.3) is 0 Å². The number of rotatable bonds is 1. The van der Waals surface area contributed by atoms with Crippen LogP contribution in [0.5, 0.6) is 5.75 Å². The Kier molecular flexibility index (Phi) is 2.96. The molecule has 92 valence electrons. The summed E-state index contributed by atoms with van der Waals surface area (Å²) in [5, 5.41) is 0. The van der Waals surface area contributed by atoms with Gasteiger partial charge in [0.15, 0.2) is 0 Å². The number of nitrogens with two attached hydrogens (primary N) is 1. The van der Waals surface area contributed by atoms with Crippen LogP contribution in [0.2, 0.25) is 0 Å². The molecule has 0 saturated carbocycles. The third-order valence-electron chi connectivity index (χ3n) is 3.44. The highest BCUT2D eigenvalue weighted by molar-refractivity contribution is 5.98. The SMILES string of the molecule is COC(=O)c1c(N)ccc2c1OCC(C)C2C. The Morgan fingerprint density at radius 3 is 2.82 bits per heavy atom. The predicted octanol–water partition coefficient (Wildman–Crippen LogP) is 2.19. The molecule has 1 aliphatic rings. The van der Waals surface area contributed by atoms with E-state index in [9.17, 15) is 4.79 Å². The molecule has 1 aromatic carbocycles. The van der Waals surface area contributed by atoms with Gasteiger partial charge in [-0.3, -0.25) is 0 Å². The van der Waals surface area contributed by atoms with Crippen molar-refractivity contribution in [2.45, 2.75) is 19.8 Å². The smallest absolute Gasteiger partial charge is 0.343 e. The van der Waals surface area contributed by atoms with Crippen LogP contribution in [0.3, 0.4) is 0 Å². The van der Waals surface area contributed by atoms with Gasteiger partial charge in [0.2, 0.25) is 0 Å². The van der Waals surface area contributed by atoms with Crippen molar-refractivity contribution >= 4 is 11.7 Å². The van der Waals surface area contributed by atoms with Crippen LogP contribution in [0, 0.1) is 5.92 Å². The van der Waals surface area contributed by atoms with Crippen LogP contribution in [-0.2, 0) is 4.74 Å². The van der Waals surface area contributed by atoms with Crippen LogP contribution in [0.4, 0.5) is 5.69 Å². The summed E-state index contributed by atoms with van der Waals surface area (Å²) >= 11 is 0. The Morgan fingerprint density at radius 1 is 1.47 bits per heavy atom. The first-order chi connectivity index (χ1) is 8.06. The molecule has 0 saturated heterocycles. The average molecular weight is 235 g/mol. The molecule has 2 unspecified atom stereocenters. The molecule has 2 N–H and O–H groups in total. The van der Waals surface area contributed by atoms with Crippen molar-refractivity contribution in [2.24, 2.45) is 5.92 Å². The van der Waals surface area contributed by atoms with E-state index in [1.165, 1.54) is 7.11 Å². The molecule has 0 spiro atoms. The van der Waals surface area contributed by atoms with E-state index in [1.54, 1.807) is 6.07 Å². The first-order valence-corrected chi connectivity index (χ1v) is 5.69. The maximum absolute atomic E-state index is 11.7. The predicted molar refractivity (Wildman–Crippen MR) is 65.3 cm³/mol. The second-order valence-corrected chi connectivity index (χ2v) is 4.52. The van der Waals surface area contributed by atoms with Crippen molar-refractivity contribution in [2.75, 3.05) is 19.5 Å². The molecule has 4 nitrogen and oxygen atoms in total. The normalized spacial score (nSPS) is 22.5. The third kappa shape index (κ3) is 1.84. The fourth-order valence-electron chi connectivity index (χ4n) is 2.11. The minimum atomic E-state index is -0.443. The number of carbonyl (C=O) groups is 1. The van der Waals surface area contributed by atoms with E-state index in [4.69, 9.17) is 15.2 Å². The van der Waals surface area contributed by atoms with Gasteiger partial charge >= 0.3 is 5.97 Å². The Morgan fingerprint density at radius 2 is 2.18 bits per heavy atom. The average Bonchev–Trinajstić information content (AvgIpc) is 2.33. The van der Waals surface area contributed by atoms with E-state index >= 15 is 0 Å². The topological polar surface area (TPSA) is 61.5 Å². The summed E-state index contributed by atoms with van der Waals surface area (Å²) in [7, 11) is 1.34. The lowest BCUT2D eigenvalue weighted by molar-refractivity contribution is 0.0594. The van der Waals surface area contributed by atoms with Gasteiger partial charge in [-0.15, -0.1) is 0 Å². The number of hydrogen-bond donors (Lipinski definition) is 1. The molecule has 2 atom stereocenters. The quantitative estimate of drug-likeness (QED) is 0.598. The zero-order valence-corrected chi connectivity index (χ0v) is 10.3. The minimum Gasteiger partial charge on any atom is -0.492 e. The number of fused-ring (bicyclic) bond motifs is 1. The number of esters is 1. The van der Waals surface area contributed by atoms with Crippen LogP contribution >= 0.6 is 0 Å². The van der Waals surface area contributed by atoms with Crippen molar-refractivity contribution in [1.82, 2.24) is 0 Å². The van der Waals surface area contributed by atoms with Crippen molar-refractivity contribution in [1.29, 1.82) is 0 Å². The van der Waals surface area contributed by atoms with E-state index in [-0.39, 0.29) is 0 Å². The fourth-order valence-corrected chi connectivity index (χ4v) is 2.11. The van der Waals surface area contributed by atoms with Gasteiger partial charge in [0.25, 0.3) is 0 Å². The lowest BCUT2D eigenvalue weighted by atomic mass is 9.85. The van der Waals surface area contributed by atoms with Crippen molar-refractivity contribution in [3.8, 4) is 5.75 Å². The van der Waals surface area contributed by atoms with Gasteiger partial charge < -0.3 is 15.2 Å². The fraction of sp³-hybridized carbons (Fsp3) is 0.462. The summed E-state index contributed by atoms with van der Waals surface area (Å²) < 4.78 is 10.4. The van der Waals surface area contributed by atoms with Crippen LogP contribution < -0.4 is 10.5 Å². The standard InChI is InChI=1S/C13H17NO3/c1-7-6-17-12-9(8(7)2)4-5-10(14)11(12)13(15)16-3/h4-5,7-8H,6,14H2,1-3H3. The second-order valence-electron chi connectivity index (χ2n) is 4.52. The van der Waals surface area contributed by atoms with Gasteiger partial charge in [0.05, 0.1) is 13.7 Å². The number of carbonyl (C=O) groups excluding carboxylic acids is 1. The molecule has 0 fully saturated rings. The lowest BCUT2D eigenvalue weighted by Crippen LogP contribution is -2.24. The minimum absolute atomic E-state index is 0.350. The van der Waals surface area contributed by atoms with Crippen molar-refractivity contribution in [3.63, 3.8) is 0 Å². The molecule has 0 amide bonds. The highest BCUT2D eigenvalue weighted by Crippen LogP contribution is 2.41. The van der Waals surface area contributed by atoms with Gasteiger partial charge in [0.1, 0.15) is 11.3 Å². The first kappa shape index (κ1) is 11.8. The summed E-state index contributed by atoms with van der Waals surface area (Å²) in [6, 6.07) is 3.67. The number of benzene rings is 1. The lowest BCUT2D eigenvalue weighted by Gasteiger charge is -2.30. The molecule has 4 heteroatoms. The summed E-state index contributed by atoms with van der Waals surface area (Å²) in [5.41, 5.74) is 7.60. The number of methoxy groups -OCH3 is 1. The number of ether oxygens (including phenoxy) is 2. The van der Waals surface area contributed by atoms with E-state index in [0.717, 1.165) is 5.56 Å². The van der Waals surface area contributed by atoms with E-state index < -0.39 is 5.97 Å². The van der Waals surface area contributed by atoms with Crippen molar-refractivity contribution in [3.05, 3.63) is 23.3 Å². The zero-order valence-electron chi connectivity index (χ0n) is 10.3. The molecule has 0 aliphatic carbocycles. The molecule has 17 heavy (non-hydrogen) atoms. The number of hydrogen-bond acceptors (Lipinski definition) is 4. The Bertz CT molecular complexity index is 456. The maximum Gasteiger partial charge on any atom is 0.343 e. The monoisotopic (exact) mass is 235 g/mol. The molecular weight excluding hydrogens is 218 g/mol. The van der Waals surface area contributed by atoms with Gasteiger partial charge in [-0.25, -0.2) is 4.79 Å².